The molecule has 2 heterocycles. The summed E-state index contributed by atoms with van der Waals surface area (Å²) in [5.41, 5.74) is 4.08. The number of nitrogens with zero attached hydrogens (tertiary/aromatic N) is 4. The average Bonchev–Trinajstić information content (AvgIpc) is 2.95. The number of piperidine rings is 1. The van der Waals surface area contributed by atoms with Crippen LogP contribution in [-0.4, -0.2) is 97.9 Å². The maximum absolute atomic E-state index is 11.3. The molecule has 39 heavy (non-hydrogen) atoms. The summed E-state index contributed by atoms with van der Waals surface area (Å²) >= 11 is 0. The molecular weight excluding hydrogens is 490 g/mol. The van der Waals surface area contributed by atoms with Crippen molar-refractivity contribution in [2.45, 2.75) is 25.7 Å². The van der Waals surface area contributed by atoms with Crippen LogP contribution in [-0.2, 0) is 0 Å². The third-order valence-corrected chi connectivity index (χ3v) is 7.55. The second-order valence-electron chi connectivity index (χ2n) is 10.8. The molecule has 1 fully saturated rings. The van der Waals surface area contributed by atoms with Gasteiger partial charge in [0.25, 0.3) is 0 Å². The molecule has 210 valence electrons. The van der Waals surface area contributed by atoms with E-state index in [1.54, 1.807) is 12.0 Å². The van der Waals surface area contributed by atoms with Crippen LogP contribution in [0.15, 0.2) is 54.6 Å². The number of benzene rings is 2. The number of fused-ring (bicyclic) bond motifs is 1. The van der Waals surface area contributed by atoms with E-state index in [1.807, 2.05) is 30.3 Å². The van der Waals surface area contributed by atoms with Crippen molar-refractivity contribution in [3.05, 3.63) is 54.6 Å². The summed E-state index contributed by atoms with van der Waals surface area (Å²) in [6, 6.07) is 18.5. The highest BCUT2D eigenvalue weighted by Gasteiger charge is 2.23. The molecule has 0 radical (unpaired) electrons. The van der Waals surface area contributed by atoms with Crippen LogP contribution in [0.3, 0.4) is 0 Å². The van der Waals surface area contributed by atoms with Crippen LogP contribution in [0.5, 0.6) is 5.75 Å². The van der Waals surface area contributed by atoms with Crippen molar-refractivity contribution in [1.82, 2.24) is 19.7 Å². The highest BCUT2D eigenvalue weighted by Crippen LogP contribution is 2.29. The van der Waals surface area contributed by atoms with E-state index >= 15 is 0 Å². The van der Waals surface area contributed by atoms with E-state index in [1.165, 1.54) is 0 Å². The number of para-hydroxylation sites is 1. The third-order valence-electron chi connectivity index (χ3n) is 7.55. The zero-order valence-electron chi connectivity index (χ0n) is 23.6. The number of amides is 1. The number of pyridine rings is 1. The molecule has 0 spiro atoms. The fourth-order valence-electron chi connectivity index (χ4n) is 5.33. The van der Waals surface area contributed by atoms with Crippen molar-refractivity contribution in [3.63, 3.8) is 0 Å². The van der Waals surface area contributed by atoms with Gasteiger partial charge in [0.1, 0.15) is 5.75 Å². The number of rotatable bonds is 13. The Hall–Kier alpha value is -3.36. The van der Waals surface area contributed by atoms with E-state index in [2.05, 4.69) is 53.5 Å². The Labute approximate surface area is 232 Å². The van der Waals surface area contributed by atoms with E-state index in [0.717, 1.165) is 92.0 Å². The van der Waals surface area contributed by atoms with E-state index in [4.69, 9.17) is 9.72 Å². The smallest absolute Gasteiger partial charge is 0.407 e. The maximum atomic E-state index is 11.3. The number of likely N-dealkylation sites (tertiary alicyclic amines) is 1. The Bertz CT molecular complexity index is 1190. The molecule has 1 aromatic heterocycles. The normalized spacial score (nSPS) is 14.3. The fourth-order valence-corrected chi connectivity index (χ4v) is 5.33. The van der Waals surface area contributed by atoms with Gasteiger partial charge >= 0.3 is 6.09 Å². The predicted octanol–water partition coefficient (Wildman–Crippen LogP) is 5.36. The van der Waals surface area contributed by atoms with Gasteiger partial charge in [-0.3, -0.25) is 0 Å². The molecule has 4 rings (SSSR count). The third kappa shape index (κ3) is 8.31. The second-order valence-corrected chi connectivity index (χ2v) is 10.8. The lowest BCUT2D eigenvalue weighted by Gasteiger charge is -2.34. The van der Waals surface area contributed by atoms with Crippen LogP contribution in [0.4, 0.5) is 10.5 Å². The number of methoxy groups -OCH3 is 1. The molecule has 2 N–H and O–H groups in total. The Kier molecular flexibility index (Phi) is 10.4. The quantitative estimate of drug-likeness (QED) is 0.287. The molecule has 2 aromatic carbocycles. The lowest BCUT2D eigenvalue weighted by atomic mass is 9.96. The number of carbonyl (C=O) groups is 1. The first-order chi connectivity index (χ1) is 18.9. The number of hydrogen-bond donors (Lipinski definition) is 2. The van der Waals surface area contributed by atoms with Gasteiger partial charge in [-0.1, -0.05) is 18.2 Å². The van der Waals surface area contributed by atoms with Crippen LogP contribution in [0.1, 0.15) is 25.7 Å². The summed E-state index contributed by atoms with van der Waals surface area (Å²) in [5, 5.41) is 14.1. The standard InChI is InChI=1S/C31H43N5O3/c1-34(2)17-7-19-35(23-24-14-20-36(21-15-24)31(37)38)18-6-16-32-30-22-29(25-10-12-26(39-3)13-11-25)33-28-9-5-4-8-27(28)30/h4-5,8-13,22,24H,6-7,14-21,23H2,1-3H3,(H,32,33)(H,37,38). The van der Waals surface area contributed by atoms with Gasteiger partial charge in [-0.2, -0.15) is 0 Å². The molecule has 0 unspecified atom stereocenters. The first kappa shape index (κ1) is 28.6. The molecule has 8 heteroatoms. The molecule has 1 aliphatic rings. The summed E-state index contributed by atoms with van der Waals surface area (Å²) in [7, 11) is 5.92. The number of ether oxygens (including phenoxy) is 1. The van der Waals surface area contributed by atoms with Crippen molar-refractivity contribution < 1.29 is 14.6 Å². The highest BCUT2D eigenvalue weighted by molar-refractivity contribution is 5.93. The zero-order valence-corrected chi connectivity index (χ0v) is 23.6. The largest absolute Gasteiger partial charge is 0.497 e. The summed E-state index contributed by atoms with van der Waals surface area (Å²) in [5.74, 6) is 1.39. The molecule has 0 saturated carbocycles. The Morgan fingerprint density at radius 2 is 1.77 bits per heavy atom. The first-order valence-electron chi connectivity index (χ1n) is 14.1. The van der Waals surface area contributed by atoms with Crippen molar-refractivity contribution in [2.75, 3.05) is 72.3 Å². The van der Waals surface area contributed by atoms with Crippen molar-refractivity contribution >= 4 is 22.7 Å². The fraction of sp³-hybridized carbons (Fsp3) is 0.484. The minimum Gasteiger partial charge on any atom is -0.497 e. The minimum absolute atomic E-state index is 0.559. The van der Waals surface area contributed by atoms with Crippen LogP contribution in [0.2, 0.25) is 0 Å². The molecule has 1 saturated heterocycles. The Balaban J connectivity index is 1.38. The number of nitrogens with one attached hydrogen (secondary N) is 1. The highest BCUT2D eigenvalue weighted by atomic mass is 16.5. The van der Waals surface area contributed by atoms with Crippen LogP contribution in [0.25, 0.3) is 22.2 Å². The average molecular weight is 534 g/mol. The van der Waals surface area contributed by atoms with Crippen LogP contribution in [0, 0.1) is 5.92 Å². The van der Waals surface area contributed by atoms with Gasteiger partial charge in [-0.05, 0) is 102 Å². The minimum atomic E-state index is -0.791. The van der Waals surface area contributed by atoms with Crippen LogP contribution < -0.4 is 10.1 Å². The molecule has 0 aliphatic carbocycles. The molecule has 0 bridgehead atoms. The zero-order chi connectivity index (χ0) is 27.6. The SMILES string of the molecule is COc1ccc(-c2cc(NCCCN(CCCN(C)C)CC3CCN(C(=O)O)CC3)c3ccccc3n2)cc1. The lowest BCUT2D eigenvalue weighted by Crippen LogP contribution is -2.41. The van der Waals surface area contributed by atoms with Gasteiger partial charge in [0.15, 0.2) is 0 Å². The lowest BCUT2D eigenvalue weighted by molar-refractivity contribution is 0.112. The van der Waals surface area contributed by atoms with Crippen molar-refractivity contribution in [2.24, 2.45) is 5.92 Å². The van der Waals surface area contributed by atoms with E-state index in [9.17, 15) is 9.90 Å². The molecular formula is C31H43N5O3. The summed E-state index contributed by atoms with van der Waals surface area (Å²) in [6.45, 7) is 6.38. The molecule has 8 nitrogen and oxygen atoms in total. The van der Waals surface area contributed by atoms with Crippen molar-refractivity contribution in [3.8, 4) is 17.0 Å². The molecule has 1 amide bonds. The maximum Gasteiger partial charge on any atom is 0.407 e. The molecule has 0 atom stereocenters. The topological polar surface area (TPSA) is 81.2 Å². The van der Waals surface area contributed by atoms with Crippen LogP contribution >= 0.6 is 0 Å². The number of hydrogen-bond acceptors (Lipinski definition) is 6. The summed E-state index contributed by atoms with van der Waals surface area (Å²) in [6.07, 6.45) is 3.28. The Morgan fingerprint density at radius 3 is 2.46 bits per heavy atom. The van der Waals surface area contributed by atoms with E-state index in [0.29, 0.717) is 19.0 Å². The monoisotopic (exact) mass is 533 g/mol. The predicted molar refractivity (Wildman–Crippen MR) is 159 cm³/mol. The number of anilines is 1. The van der Waals surface area contributed by atoms with Gasteiger partial charge in [-0.15, -0.1) is 0 Å². The van der Waals surface area contributed by atoms with E-state index < -0.39 is 6.09 Å². The van der Waals surface area contributed by atoms with Gasteiger partial charge in [0.2, 0.25) is 0 Å². The number of aromatic nitrogens is 1. The molecule has 3 aromatic rings. The Morgan fingerprint density at radius 1 is 1.05 bits per heavy atom. The van der Waals surface area contributed by atoms with Gasteiger partial charge in [0.05, 0.1) is 18.3 Å². The van der Waals surface area contributed by atoms with Gasteiger partial charge in [0, 0.05) is 42.8 Å². The van der Waals surface area contributed by atoms with Gasteiger partial charge in [-0.25, -0.2) is 9.78 Å². The first-order valence-corrected chi connectivity index (χ1v) is 14.1. The summed E-state index contributed by atoms with van der Waals surface area (Å²) < 4.78 is 5.32. The second kappa shape index (κ2) is 14.1. The number of carboxylic acid groups (broad SMARTS) is 1. The van der Waals surface area contributed by atoms with E-state index in [-0.39, 0.29) is 0 Å². The van der Waals surface area contributed by atoms with Crippen molar-refractivity contribution in [1.29, 1.82) is 0 Å². The molecule has 1 aliphatic heterocycles. The summed E-state index contributed by atoms with van der Waals surface area (Å²) in [4.78, 5) is 22.6. The van der Waals surface area contributed by atoms with Gasteiger partial charge < -0.3 is 29.9 Å².